The lowest BCUT2D eigenvalue weighted by atomic mass is 9.96. The zero-order chi connectivity index (χ0) is 24.6. The summed E-state index contributed by atoms with van der Waals surface area (Å²) in [6, 6.07) is 21.2. The molecule has 2 aromatic carbocycles. The molecule has 2 N–H and O–H groups in total. The number of rotatable bonds is 8. The fraction of sp³-hybridized carbons (Fsp3) is 0.143. The second-order valence-corrected chi connectivity index (χ2v) is 7.98. The van der Waals surface area contributed by atoms with Gasteiger partial charge in [-0.2, -0.15) is 15.5 Å². The molecule has 0 amide bonds. The van der Waals surface area contributed by atoms with E-state index in [1.54, 1.807) is 24.6 Å². The van der Waals surface area contributed by atoms with Crippen LogP contribution in [0.4, 0.5) is 23.1 Å². The molecule has 0 saturated carbocycles. The van der Waals surface area contributed by atoms with Crippen LogP contribution >= 0.6 is 0 Å². The van der Waals surface area contributed by atoms with Gasteiger partial charge < -0.3 is 15.1 Å². The van der Waals surface area contributed by atoms with Gasteiger partial charge in [0.25, 0.3) is 0 Å². The molecule has 7 heteroatoms. The first-order chi connectivity index (χ1) is 17.1. The van der Waals surface area contributed by atoms with Gasteiger partial charge in [0.15, 0.2) is 0 Å². The topological polar surface area (TPSA) is 111 Å². The first-order valence-electron chi connectivity index (χ1n) is 11.2. The lowest BCUT2D eigenvalue weighted by Gasteiger charge is -2.16. The summed E-state index contributed by atoms with van der Waals surface area (Å²) in [5.41, 5.74) is 6.47. The molecule has 2 aromatic heterocycles. The monoisotopic (exact) mass is 460 g/mol. The van der Waals surface area contributed by atoms with Crippen molar-refractivity contribution < 1.29 is 4.42 Å². The van der Waals surface area contributed by atoms with Crippen molar-refractivity contribution in [2.75, 3.05) is 10.6 Å². The van der Waals surface area contributed by atoms with Crippen LogP contribution in [0.15, 0.2) is 77.6 Å². The number of nitrogens with zero attached hydrogens (tertiary/aromatic N) is 4. The number of allylic oxidation sites excluding steroid dienone is 1. The quantitative estimate of drug-likeness (QED) is 0.279. The van der Waals surface area contributed by atoms with Crippen molar-refractivity contribution in [3.05, 3.63) is 101 Å². The van der Waals surface area contributed by atoms with E-state index in [-0.39, 0.29) is 0 Å². The fourth-order valence-electron chi connectivity index (χ4n) is 3.76. The third-order valence-electron chi connectivity index (χ3n) is 5.41. The van der Waals surface area contributed by atoms with Gasteiger partial charge in [-0.15, -0.1) is 0 Å². The zero-order valence-corrected chi connectivity index (χ0v) is 19.5. The van der Waals surface area contributed by atoms with Crippen LogP contribution in [0.25, 0.3) is 5.57 Å². The minimum absolute atomic E-state index is 0.451. The Morgan fingerprint density at radius 2 is 1.80 bits per heavy atom. The number of aryl methyl sites for hydroxylation is 2. The highest BCUT2D eigenvalue weighted by atomic mass is 16.3. The molecule has 0 aliphatic carbocycles. The van der Waals surface area contributed by atoms with Crippen molar-refractivity contribution in [3.63, 3.8) is 0 Å². The molecule has 4 rings (SSSR count). The van der Waals surface area contributed by atoms with E-state index in [4.69, 9.17) is 14.9 Å². The Morgan fingerprint density at radius 3 is 2.46 bits per heavy atom. The van der Waals surface area contributed by atoms with E-state index < -0.39 is 0 Å². The summed E-state index contributed by atoms with van der Waals surface area (Å²) in [4.78, 5) is 8.88. The maximum Gasteiger partial charge on any atom is 0.229 e. The van der Waals surface area contributed by atoms with Crippen LogP contribution in [-0.2, 0) is 0 Å². The summed E-state index contributed by atoms with van der Waals surface area (Å²) in [7, 11) is 0. The van der Waals surface area contributed by atoms with E-state index in [9.17, 15) is 0 Å². The van der Waals surface area contributed by atoms with Crippen molar-refractivity contribution >= 4 is 28.7 Å². The highest BCUT2D eigenvalue weighted by Crippen LogP contribution is 2.32. The van der Waals surface area contributed by atoms with E-state index in [1.807, 2.05) is 44.2 Å². The van der Waals surface area contributed by atoms with Crippen LogP contribution in [0, 0.1) is 36.5 Å². The van der Waals surface area contributed by atoms with Crippen LogP contribution < -0.4 is 10.6 Å². The zero-order valence-electron chi connectivity index (χ0n) is 19.5. The number of aromatic nitrogens is 2. The Labute approximate surface area is 204 Å². The van der Waals surface area contributed by atoms with Crippen LogP contribution in [0.2, 0.25) is 0 Å². The van der Waals surface area contributed by atoms with Crippen molar-refractivity contribution in [1.82, 2.24) is 9.97 Å². The molecule has 0 fully saturated rings. The maximum absolute atomic E-state index is 8.96. The average molecular weight is 461 g/mol. The van der Waals surface area contributed by atoms with E-state index in [0.29, 0.717) is 30.2 Å². The van der Waals surface area contributed by atoms with Gasteiger partial charge in [0.1, 0.15) is 11.6 Å². The third-order valence-corrected chi connectivity index (χ3v) is 5.41. The van der Waals surface area contributed by atoms with Crippen LogP contribution in [-0.4, -0.2) is 9.97 Å². The van der Waals surface area contributed by atoms with Crippen LogP contribution in [0.1, 0.15) is 40.9 Å². The molecule has 0 spiro atoms. The predicted molar refractivity (Wildman–Crippen MR) is 136 cm³/mol. The van der Waals surface area contributed by atoms with Gasteiger partial charge in [0, 0.05) is 29.6 Å². The lowest BCUT2D eigenvalue weighted by Crippen LogP contribution is -2.03. The Balaban J connectivity index is 1.57. The molecular formula is C28H24N6O. The maximum atomic E-state index is 8.96. The van der Waals surface area contributed by atoms with Gasteiger partial charge in [-0.05, 0) is 91.6 Å². The summed E-state index contributed by atoms with van der Waals surface area (Å²) in [6.07, 6.45) is 6.50. The van der Waals surface area contributed by atoms with Crippen molar-refractivity contribution in [2.24, 2.45) is 0 Å². The number of unbranched alkanes of at least 4 members (excludes halogenated alkanes) is 1. The summed E-state index contributed by atoms with van der Waals surface area (Å²) in [5, 5.41) is 24.5. The molecule has 0 aliphatic heterocycles. The number of nitrogens with one attached hydrogen (secondary N) is 2. The van der Waals surface area contributed by atoms with Crippen molar-refractivity contribution in [2.45, 2.75) is 26.7 Å². The summed E-state index contributed by atoms with van der Waals surface area (Å²) in [6.45, 7) is 4.09. The van der Waals surface area contributed by atoms with Gasteiger partial charge in [-0.1, -0.05) is 6.08 Å². The second kappa shape index (κ2) is 10.8. The first-order valence-corrected chi connectivity index (χ1v) is 11.2. The average Bonchev–Trinajstić information content (AvgIpc) is 3.39. The number of furan rings is 1. The second-order valence-electron chi connectivity index (χ2n) is 7.98. The molecule has 0 bridgehead atoms. The van der Waals surface area contributed by atoms with Gasteiger partial charge >= 0.3 is 0 Å². The highest BCUT2D eigenvalue weighted by molar-refractivity contribution is 5.80. The van der Waals surface area contributed by atoms with E-state index in [0.717, 1.165) is 39.4 Å². The number of hydrogen-bond donors (Lipinski definition) is 2. The molecule has 7 nitrogen and oxygen atoms in total. The Bertz CT molecular complexity index is 1400. The summed E-state index contributed by atoms with van der Waals surface area (Å²) < 4.78 is 5.65. The van der Waals surface area contributed by atoms with Crippen LogP contribution in [0.5, 0.6) is 0 Å². The molecule has 0 atom stereocenters. The number of anilines is 4. The smallest absolute Gasteiger partial charge is 0.229 e. The highest BCUT2D eigenvalue weighted by Gasteiger charge is 2.13. The Morgan fingerprint density at radius 1 is 1.03 bits per heavy atom. The van der Waals surface area contributed by atoms with Gasteiger partial charge in [-0.3, -0.25) is 0 Å². The van der Waals surface area contributed by atoms with E-state index >= 15 is 0 Å². The summed E-state index contributed by atoms with van der Waals surface area (Å²) in [5.74, 6) is 1.88. The van der Waals surface area contributed by atoms with Gasteiger partial charge in [-0.25, -0.2) is 4.98 Å². The third kappa shape index (κ3) is 5.73. The van der Waals surface area contributed by atoms with Crippen LogP contribution in [0.3, 0.4) is 0 Å². The molecule has 2 heterocycles. The van der Waals surface area contributed by atoms with Gasteiger partial charge in [0.2, 0.25) is 5.95 Å². The molecule has 35 heavy (non-hydrogen) atoms. The minimum atomic E-state index is 0.451. The standard InChI is InChI=1S/C28H24N6O/c1-19-16-22(24(6-3-4-13-29)25-7-5-15-35-25)17-20(2)27(19)33-26-12-14-31-28(34-26)32-23-10-8-21(18-30)9-11-23/h5-12,14-17H,3-4H2,1-2H3,(H2,31,32,33,34)/b24-6+. The fourth-order valence-corrected chi connectivity index (χ4v) is 3.76. The number of benzene rings is 2. The lowest BCUT2D eigenvalue weighted by molar-refractivity contribution is 0.553. The predicted octanol–water partition coefficient (Wildman–Crippen LogP) is 6.78. The minimum Gasteiger partial charge on any atom is -0.464 e. The van der Waals surface area contributed by atoms with Gasteiger partial charge in [0.05, 0.1) is 24.0 Å². The van der Waals surface area contributed by atoms with E-state index in [2.05, 4.69) is 50.9 Å². The molecule has 0 saturated heterocycles. The van der Waals surface area contributed by atoms with Crippen molar-refractivity contribution in [3.8, 4) is 12.1 Å². The number of hydrogen-bond acceptors (Lipinski definition) is 7. The molecule has 4 aromatic rings. The molecule has 172 valence electrons. The van der Waals surface area contributed by atoms with E-state index in [1.165, 1.54) is 0 Å². The molecule has 0 unspecified atom stereocenters. The molecule has 0 radical (unpaired) electrons. The summed E-state index contributed by atoms with van der Waals surface area (Å²) >= 11 is 0. The first kappa shape index (κ1) is 23.3. The molecular weight excluding hydrogens is 436 g/mol. The SMILES string of the molecule is Cc1cc(/C(=C\CCC#N)c2ccco2)cc(C)c1Nc1ccnc(Nc2ccc(C#N)cc2)n1. The normalized spacial score (nSPS) is 10.9. The largest absolute Gasteiger partial charge is 0.464 e. The Kier molecular flexibility index (Phi) is 7.20. The van der Waals surface area contributed by atoms with Crippen molar-refractivity contribution in [1.29, 1.82) is 10.5 Å². The number of nitriles is 2. The molecule has 0 aliphatic rings. The Hall–Kier alpha value is -4.88.